The molecule has 0 aliphatic heterocycles. The Hall–Kier alpha value is -0.0800. The summed E-state index contributed by atoms with van der Waals surface area (Å²) < 4.78 is 0. The Balaban J connectivity index is 2.42. The lowest BCUT2D eigenvalue weighted by Gasteiger charge is -2.35. The summed E-state index contributed by atoms with van der Waals surface area (Å²) in [5.41, 5.74) is 0.554. The molecule has 1 fully saturated rings. The highest BCUT2D eigenvalue weighted by molar-refractivity contribution is 4.89. The number of hydrogen-bond donors (Lipinski definition) is 1. The van der Waals surface area contributed by atoms with Gasteiger partial charge in [0.15, 0.2) is 0 Å². The Morgan fingerprint density at radius 3 is 2.17 bits per heavy atom. The quantitative estimate of drug-likeness (QED) is 0.714. The third-order valence-electron chi connectivity index (χ3n) is 4.00. The van der Waals surface area contributed by atoms with Crippen LogP contribution in [0.2, 0.25) is 0 Å². The fourth-order valence-electron chi connectivity index (χ4n) is 3.40. The molecule has 2 heteroatoms. The molecule has 0 saturated heterocycles. The fraction of sp³-hybridized carbons (Fsp3) is 1.00. The molecule has 0 radical (unpaired) electrons. The van der Waals surface area contributed by atoms with Crippen LogP contribution in [0.1, 0.15) is 53.4 Å². The Labute approximate surface area is 115 Å². The van der Waals surface area contributed by atoms with Crippen LogP contribution in [-0.4, -0.2) is 38.1 Å². The Kier molecular flexibility index (Phi) is 6.65. The van der Waals surface area contributed by atoms with Crippen molar-refractivity contribution in [3.8, 4) is 0 Å². The van der Waals surface area contributed by atoms with Crippen molar-refractivity contribution >= 4 is 0 Å². The number of hydrogen-bond acceptors (Lipinski definition) is 2. The van der Waals surface area contributed by atoms with Gasteiger partial charge >= 0.3 is 0 Å². The summed E-state index contributed by atoms with van der Waals surface area (Å²) in [6.07, 6.45) is 5.69. The van der Waals surface area contributed by atoms with E-state index in [0.717, 1.165) is 18.4 Å². The topological polar surface area (TPSA) is 15.3 Å². The Morgan fingerprint density at radius 2 is 1.67 bits per heavy atom. The molecule has 1 rings (SSSR count). The van der Waals surface area contributed by atoms with Gasteiger partial charge in [-0.1, -0.05) is 40.5 Å². The van der Waals surface area contributed by atoms with Gasteiger partial charge in [0.25, 0.3) is 0 Å². The van der Waals surface area contributed by atoms with E-state index in [0.29, 0.717) is 5.41 Å². The Bertz CT molecular complexity index is 217. The van der Waals surface area contributed by atoms with Crippen LogP contribution in [0.15, 0.2) is 0 Å². The van der Waals surface area contributed by atoms with Gasteiger partial charge in [-0.15, -0.1) is 0 Å². The number of rotatable bonds is 8. The molecule has 1 saturated carbocycles. The Morgan fingerprint density at radius 1 is 1.06 bits per heavy atom. The normalized spacial score (nSPS) is 19.3. The zero-order chi connectivity index (χ0) is 13.6. The maximum atomic E-state index is 3.70. The molecule has 1 N–H and O–H groups in total. The summed E-state index contributed by atoms with van der Waals surface area (Å²) in [5, 5.41) is 3.70. The van der Waals surface area contributed by atoms with E-state index in [1.807, 2.05) is 0 Å². The molecular weight excluding hydrogens is 220 g/mol. The molecular formula is C16H34N2. The molecule has 0 atom stereocenters. The molecule has 2 nitrogen and oxygen atoms in total. The third kappa shape index (κ3) is 5.71. The van der Waals surface area contributed by atoms with Gasteiger partial charge in [0.2, 0.25) is 0 Å². The summed E-state index contributed by atoms with van der Waals surface area (Å²) >= 11 is 0. The smallest absolute Gasteiger partial charge is 0.00472 e. The summed E-state index contributed by atoms with van der Waals surface area (Å²) in [6, 6.07) is 0. The van der Waals surface area contributed by atoms with E-state index in [9.17, 15) is 0 Å². The lowest BCUT2D eigenvalue weighted by Crippen LogP contribution is -2.43. The highest BCUT2D eigenvalue weighted by atomic mass is 15.1. The first kappa shape index (κ1) is 16.0. The predicted molar refractivity (Wildman–Crippen MR) is 80.9 cm³/mol. The third-order valence-corrected chi connectivity index (χ3v) is 4.00. The second-order valence-electron chi connectivity index (χ2n) is 7.32. The van der Waals surface area contributed by atoms with Gasteiger partial charge in [0.1, 0.15) is 0 Å². The SMILES string of the molecule is CC(C)CNCC1(CN(C)CC(C)C)CCCC1. The van der Waals surface area contributed by atoms with Crippen molar-refractivity contribution in [3.63, 3.8) is 0 Å². The highest BCUT2D eigenvalue weighted by Gasteiger charge is 2.34. The van der Waals surface area contributed by atoms with E-state index in [1.165, 1.54) is 45.3 Å². The molecule has 0 amide bonds. The molecule has 108 valence electrons. The van der Waals surface area contributed by atoms with Crippen molar-refractivity contribution in [3.05, 3.63) is 0 Å². The van der Waals surface area contributed by atoms with Crippen molar-refractivity contribution in [2.75, 3.05) is 33.2 Å². The molecule has 0 unspecified atom stereocenters. The monoisotopic (exact) mass is 254 g/mol. The van der Waals surface area contributed by atoms with Crippen molar-refractivity contribution in [2.24, 2.45) is 17.3 Å². The van der Waals surface area contributed by atoms with Crippen LogP contribution in [0.5, 0.6) is 0 Å². The van der Waals surface area contributed by atoms with Crippen molar-refractivity contribution in [1.29, 1.82) is 0 Å². The lowest BCUT2D eigenvalue weighted by atomic mass is 9.85. The average Bonchev–Trinajstić information content (AvgIpc) is 2.64. The van der Waals surface area contributed by atoms with E-state index >= 15 is 0 Å². The van der Waals surface area contributed by atoms with Crippen LogP contribution < -0.4 is 5.32 Å². The van der Waals surface area contributed by atoms with Crippen LogP contribution in [0.3, 0.4) is 0 Å². The molecule has 0 spiro atoms. The molecule has 0 aromatic rings. The first-order valence-corrected chi connectivity index (χ1v) is 7.83. The minimum Gasteiger partial charge on any atom is -0.316 e. The van der Waals surface area contributed by atoms with Gasteiger partial charge < -0.3 is 10.2 Å². The summed E-state index contributed by atoms with van der Waals surface area (Å²) in [7, 11) is 2.29. The van der Waals surface area contributed by atoms with Crippen LogP contribution in [0.25, 0.3) is 0 Å². The second-order valence-corrected chi connectivity index (χ2v) is 7.32. The van der Waals surface area contributed by atoms with E-state index in [-0.39, 0.29) is 0 Å². The number of nitrogens with one attached hydrogen (secondary N) is 1. The van der Waals surface area contributed by atoms with E-state index < -0.39 is 0 Å². The van der Waals surface area contributed by atoms with Gasteiger partial charge in [-0.05, 0) is 43.7 Å². The molecule has 0 aromatic heterocycles. The van der Waals surface area contributed by atoms with Gasteiger partial charge in [-0.25, -0.2) is 0 Å². The predicted octanol–water partition coefficient (Wildman–Crippen LogP) is 3.38. The van der Waals surface area contributed by atoms with Crippen molar-refractivity contribution in [1.82, 2.24) is 10.2 Å². The van der Waals surface area contributed by atoms with Crippen LogP contribution in [-0.2, 0) is 0 Å². The van der Waals surface area contributed by atoms with E-state index in [2.05, 4.69) is 45.0 Å². The zero-order valence-electron chi connectivity index (χ0n) is 13.3. The van der Waals surface area contributed by atoms with Crippen LogP contribution in [0, 0.1) is 17.3 Å². The largest absolute Gasteiger partial charge is 0.316 e. The maximum absolute atomic E-state index is 3.70. The second kappa shape index (κ2) is 7.49. The van der Waals surface area contributed by atoms with E-state index in [1.54, 1.807) is 0 Å². The zero-order valence-corrected chi connectivity index (χ0v) is 13.3. The van der Waals surface area contributed by atoms with Gasteiger partial charge in [0, 0.05) is 19.6 Å². The van der Waals surface area contributed by atoms with Gasteiger partial charge in [-0.2, -0.15) is 0 Å². The molecule has 0 heterocycles. The molecule has 0 aromatic carbocycles. The summed E-state index contributed by atoms with van der Waals surface area (Å²) in [5.74, 6) is 1.54. The minimum absolute atomic E-state index is 0.554. The van der Waals surface area contributed by atoms with Crippen molar-refractivity contribution in [2.45, 2.75) is 53.4 Å². The van der Waals surface area contributed by atoms with E-state index in [4.69, 9.17) is 0 Å². The number of nitrogens with zero attached hydrogens (tertiary/aromatic N) is 1. The molecule has 0 bridgehead atoms. The maximum Gasteiger partial charge on any atom is 0.00472 e. The van der Waals surface area contributed by atoms with Crippen molar-refractivity contribution < 1.29 is 0 Å². The molecule has 1 aliphatic carbocycles. The van der Waals surface area contributed by atoms with Gasteiger partial charge in [-0.3, -0.25) is 0 Å². The molecule has 18 heavy (non-hydrogen) atoms. The first-order chi connectivity index (χ1) is 8.43. The fourth-order valence-corrected chi connectivity index (χ4v) is 3.40. The lowest BCUT2D eigenvalue weighted by molar-refractivity contribution is 0.160. The summed E-state index contributed by atoms with van der Waals surface area (Å²) in [6.45, 7) is 14.1. The van der Waals surface area contributed by atoms with Gasteiger partial charge in [0.05, 0.1) is 0 Å². The standard InChI is InChI=1S/C16H34N2/c1-14(2)10-17-12-16(8-6-7-9-16)13-18(5)11-15(3)4/h14-15,17H,6-13H2,1-5H3. The first-order valence-electron chi connectivity index (χ1n) is 7.83. The average molecular weight is 254 g/mol. The van der Waals surface area contributed by atoms with Crippen LogP contribution in [0.4, 0.5) is 0 Å². The summed E-state index contributed by atoms with van der Waals surface area (Å²) in [4.78, 5) is 2.55. The molecule has 1 aliphatic rings. The highest BCUT2D eigenvalue weighted by Crippen LogP contribution is 2.38. The minimum atomic E-state index is 0.554. The van der Waals surface area contributed by atoms with Crippen LogP contribution >= 0.6 is 0 Å².